The zero-order valence-electron chi connectivity index (χ0n) is 30.2. The molecule has 0 fully saturated rings. The maximum absolute atomic E-state index is 13.5. The number of amides is 5. The van der Waals surface area contributed by atoms with E-state index in [2.05, 4.69) is 21.3 Å². The van der Waals surface area contributed by atoms with Crippen LogP contribution in [0.25, 0.3) is 0 Å². The number of ether oxygens (including phenoxy) is 2. The van der Waals surface area contributed by atoms with Crippen LogP contribution in [0, 0.1) is 12.8 Å². The number of aliphatic hydroxyl groups is 1. The van der Waals surface area contributed by atoms with Gasteiger partial charge >= 0.3 is 0 Å². The number of carbonyl (C=O) groups excluding carboxylic acids is 5. The molecule has 2 bridgehead atoms. The first kappa shape index (κ1) is 41.1. The number of carbonyl (C=O) groups is 5. The Morgan fingerprint density at radius 2 is 1.67 bits per heavy atom. The summed E-state index contributed by atoms with van der Waals surface area (Å²) in [5, 5.41) is 22.0. The highest BCUT2D eigenvalue weighted by Crippen LogP contribution is 2.28. The third kappa shape index (κ3) is 13.4. The van der Waals surface area contributed by atoms with Gasteiger partial charge in [-0.1, -0.05) is 31.5 Å². The van der Waals surface area contributed by atoms with Gasteiger partial charge in [-0.3, -0.25) is 24.0 Å². The maximum atomic E-state index is 13.5. The number of rotatable bonds is 5. The van der Waals surface area contributed by atoms with Crippen molar-refractivity contribution in [1.29, 1.82) is 0 Å². The summed E-state index contributed by atoms with van der Waals surface area (Å²) in [6.07, 6.45) is 1.09. The van der Waals surface area contributed by atoms with Crippen molar-refractivity contribution in [1.82, 2.24) is 26.2 Å². The van der Waals surface area contributed by atoms with E-state index in [4.69, 9.17) is 21.1 Å². The molecular weight excluding hydrogens is 678 g/mol. The Labute approximate surface area is 305 Å². The summed E-state index contributed by atoms with van der Waals surface area (Å²) < 4.78 is 11.2. The number of halogens is 1. The number of aliphatic hydroxyl groups excluding tert-OH is 1. The molecule has 2 aromatic carbocycles. The molecule has 5 amide bonds. The predicted octanol–water partition coefficient (Wildman–Crippen LogP) is 2.92. The monoisotopic (exact) mass is 729 g/mol. The molecule has 2 heterocycles. The third-order valence-corrected chi connectivity index (χ3v) is 8.85. The van der Waals surface area contributed by atoms with Gasteiger partial charge in [-0.15, -0.1) is 0 Å². The number of nitrogens with zero attached hydrogens (tertiary/aromatic N) is 1. The minimum Gasteiger partial charge on any atom is -0.493 e. The number of benzene rings is 2. The van der Waals surface area contributed by atoms with E-state index in [1.165, 1.54) is 14.0 Å². The van der Waals surface area contributed by atoms with Gasteiger partial charge in [0.25, 0.3) is 11.8 Å². The number of methoxy groups -OCH3 is 1. The van der Waals surface area contributed by atoms with Gasteiger partial charge in [-0.25, -0.2) is 0 Å². The molecule has 5 N–H and O–H groups in total. The SMILES string of the molecule is COc1cc2ccc1OCC(=O)NCCCN(C(=O)c1ccc(Cl)c(C)c1)CCCCNC(=O)[C@H]([C@@H](C)O)NC(=O)[C@@H](CC(C)C)NC(=O)CC2. The predicted molar refractivity (Wildman–Crippen MR) is 194 cm³/mol. The van der Waals surface area contributed by atoms with Crippen molar-refractivity contribution < 1.29 is 38.6 Å². The molecule has 4 rings (SSSR count). The third-order valence-electron chi connectivity index (χ3n) is 8.42. The molecule has 0 saturated carbocycles. The average Bonchev–Trinajstić information content (AvgIpc) is 3.09. The molecular formula is C37H52ClN5O8. The van der Waals surface area contributed by atoms with E-state index in [1.54, 1.807) is 41.3 Å². The fourth-order valence-corrected chi connectivity index (χ4v) is 5.71. The number of aryl methyl sites for hydroxylation is 2. The molecule has 2 aromatic rings. The molecule has 0 radical (unpaired) electrons. The van der Waals surface area contributed by atoms with E-state index in [9.17, 15) is 29.1 Å². The smallest absolute Gasteiger partial charge is 0.257 e. The Morgan fingerprint density at radius 3 is 2.35 bits per heavy atom. The molecule has 2 aliphatic rings. The standard InChI is InChI=1S/C37H52ClN5O8/c1-23(2)19-29-35(47)42-34(25(4)44)36(48)40-15-6-7-17-43(37(49)27-11-12-28(38)24(3)20-27)18-8-16-39-33(46)22-51-30-13-9-26(21-31(30)50-5)10-14-32(45)41-29/h9,11-13,20-21,23,25,29,34,44H,6-8,10,14-19,22H2,1-5H3,(H,39,46)(H,40,48)(H,41,45)(H,42,47)/t25-,29-,34+/m1/s1. The van der Waals surface area contributed by atoms with Crippen LogP contribution < -0.4 is 30.7 Å². The second-order valence-corrected chi connectivity index (χ2v) is 13.6. The summed E-state index contributed by atoms with van der Waals surface area (Å²) in [6.45, 7) is 8.13. The van der Waals surface area contributed by atoms with Gasteiger partial charge in [0.1, 0.15) is 12.1 Å². The molecule has 13 nitrogen and oxygen atoms in total. The van der Waals surface area contributed by atoms with Crippen LogP contribution in [0.1, 0.15) is 74.4 Å². The van der Waals surface area contributed by atoms with Gasteiger partial charge in [0, 0.05) is 43.2 Å². The summed E-state index contributed by atoms with van der Waals surface area (Å²) in [7, 11) is 1.48. The lowest BCUT2D eigenvalue weighted by molar-refractivity contribution is -0.134. The van der Waals surface area contributed by atoms with E-state index in [0.717, 1.165) is 11.1 Å². The summed E-state index contributed by atoms with van der Waals surface area (Å²) in [5.41, 5.74) is 2.05. The van der Waals surface area contributed by atoms with Crippen LogP contribution in [0.4, 0.5) is 0 Å². The normalized spacial score (nSPS) is 20.0. The number of hydrogen-bond acceptors (Lipinski definition) is 8. The van der Waals surface area contributed by atoms with E-state index in [-0.39, 0.29) is 43.2 Å². The molecule has 51 heavy (non-hydrogen) atoms. The fraction of sp³-hybridized carbons (Fsp3) is 0.541. The lowest BCUT2D eigenvalue weighted by Gasteiger charge is -2.26. The van der Waals surface area contributed by atoms with Crippen LogP contribution in [0.5, 0.6) is 11.5 Å². The Bertz CT molecular complexity index is 1520. The Morgan fingerprint density at radius 1 is 0.941 bits per heavy atom. The van der Waals surface area contributed by atoms with Gasteiger partial charge in [-0.2, -0.15) is 0 Å². The quantitative estimate of drug-likeness (QED) is 0.292. The number of fused-ring (bicyclic) bond motifs is 23. The molecule has 0 aromatic heterocycles. The average molecular weight is 730 g/mol. The largest absolute Gasteiger partial charge is 0.493 e. The minimum atomic E-state index is -1.24. The molecule has 0 aliphatic carbocycles. The van der Waals surface area contributed by atoms with Gasteiger partial charge in [0.15, 0.2) is 18.1 Å². The highest BCUT2D eigenvalue weighted by molar-refractivity contribution is 6.31. The molecule has 0 saturated heterocycles. The minimum absolute atomic E-state index is 0.0502. The molecule has 280 valence electrons. The summed E-state index contributed by atoms with van der Waals surface area (Å²) in [6, 6.07) is 8.10. The van der Waals surface area contributed by atoms with Crippen LogP contribution in [0.2, 0.25) is 5.02 Å². The lowest BCUT2D eigenvalue weighted by Crippen LogP contribution is -2.57. The first-order chi connectivity index (χ1) is 24.3. The van der Waals surface area contributed by atoms with Crippen LogP contribution >= 0.6 is 11.6 Å². The first-order valence-corrected chi connectivity index (χ1v) is 17.8. The summed E-state index contributed by atoms with van der Waals surface area (Å²) in [5.74, 6) is -1.20. The van der Waals surface area contributed by atoms with Crippen LogP contribution in [-0.4, -0.2) is 97.6 Å². The Hall–Kier alpha value is -4.36. The van der Waals surface area contributed by atoms with Crippen molar-refractivity contribution in [2.75, 3.05) is 39.9 Å². The second-order valence-electron chi connectivity index (χ2n) is 13.2. The molecule has 3 atom stereocenters. The maximum Gasteiger partial charge on any atom is 0.257 e. The number of hydrogen-bond donors (Lipinski definition) is 5. The van der Waals surface area contributed by atoms with Gasteiger partial charge < -0.3 is 40.7 Å². The van der Waals surface area contributed by atoms with E-state index in [1.807, 2.05) is 20.8 Å². The zero-order valence-corrected chi connectivity index (χ0v) is 30.9. The van der Waals surface area contributed by atoms with E-state index in [0.29, 0.717) is 73.8 Å². The van der Waals surface area contributed by atoms with Crippen molar-refractivity contribution in [2.24, 2.45) is 5.92 Å². The van der Waals surface area contributed by atoms with Gasteiger partial charge in [0.05, 0.1) is 13.2 Å². The first-order valence-electron chi connectivity index (χ1n) is 17.5. The molecule has 2 aliphatic heterocycles. The lowest BCUT2D eigenvalue weighted by atomic mass is 10.0. The van der Waals surface area contributed by atoms with Crippen molar-refractivity contribution >= 4 is 41.1 Å². The van der Waals surface area contributed by atoms with E-state index >= 15 is 0 Å². The highest BCUT2D eigenvalue weighted by Gasteiger charge is 2.30. The topological polar surface area (TPSA) is 175 Å². The zero-order chi connectivity index (χ0) is 37.5. The van der Waals surface area contributed by atoms with Crippen LogP contribution in [0.3, 0.4) is 0 Å². The van der Waals surface area contributed by atoms with Crippen LogP contribution in [0.15, 0.2) is 36.4 Å². The fourth-order valence-electron chi connectivity index (χ4n) is 5.59. The number of nitrogens with one attached hydrogen (secondary N) is 4. The van der Waals surface area contributed by atoms with Crippen molar-refractivity contribution in [3.05, 3.63) is 58.1 Å². The van der Waals surface area contributed by atoms with Crippen molar-refractivity contribution in [3.8, 4) is 11.5 Å². The Kier molecular flexibility index (Phi) is 16.5. The molecule has 0 unspecified atom stereocenters. The van der Waals surface area contributed by atoms with Crippen molar-refractivity contribution in [2.45, 2.75) is 84.4 Å². The van der Waals surface area contributed by atoms with Crippen molar-refractivity contribution in [3.63, 3.8) is 0 Å². The Balaban J connectivity index is 1.80. The second kappa shape index (κ2) is 20.5. The highest BCUT2D eigenvalue weighted by atomic mass is 35.5. The van der Waals surface area contributed by atoms with Gasteiger partial charge in [-0.05, 0) is 93.3 Å². The molecule has 14 heteroatoms. The van der Waals surface area contributed by atoms with E-state index < -0.39 is 30.0 Å². The summed E-state index contributed by atoms with van der Waals surface area (Å²) >= 11 is 6.18. The summed E-state index contributed by atoms with van der Waals surface area (Å²) in [4.78, 5) is 67.3. The van der Waals surface area contributed by atoms with Crippen LogP contribution in [-0.2, 0) is 25.6 Å². The molecule has 0 spiro atoms. The van der Waals surface area contributed by atoms with Gasteiger partial charge in [0.2, 0.25) is 17.7 Å².